The summed E-state index contributed by atoms with van der Waals surface area (Å²) < 4.78 is 8.82. The van der Waals surface area contributed by atoms with E-state index in [1.54, 1.807) is 0 Å². The zero-order chi connectivity index (χ0) is 14.8. The van der Waals surface area contributed by atoms with E-state index in [2.05, 4.69) is 75.4 Å². The molecule has 0 saturated carbocycles. The summed E-state index contributed by atoms with van der Waals surface area (Å²) in [5, 5.41) is 0. The second-order valence-electron chi connectivity index (χ2n) is 7.73. The summed E-state index contributed by atoms with van der Waals surface area (Å²) in [5.74, 6) is 0. The van der Waals surface area contributed by atoms with Crippen molar-refractivity contribution in [2.75, 3.05) is 20.6 Å². The maximum absolute atomic E-state index is 6.18. The van der Waals surface area contributed by atoms with Crippen LogP contribution in [0.4, 0.5) is 0 Å². The van der Waals surface area contributed by atoms with E-state index in [0.29, 0.717) is 0 Å². The average molecular weight is 336 g/mol. The molecule has 0 spiro atoms. The van der Waals surface area contributed by atoms with Crippen molar-refractivity contribution in [3.63, 3.8) is 0 Å². The molecule has 0 aromatic rings. The van der Waals surface area contributed by atoms with Crippen LogP contribution in [0.15, 0.2) is 0 Å². The first-order valence-corrected chi connectivity index (χ1v) is 14.3. The molecule has 0 N–H and O–H groups in total. The minimum absolute atomic E-state index is 0.0962. The maximum atomic E-state index is 6.18. The monoisotopic (exact) mass is 335 g/mol. The Morgan fingerprint density at radius 3 is 1.61 bits per heavy atom. The van der Waals surface area contributed by atoms with Crippen molar-refractivity contribution in [3.05, 3.63) is 0 Å². The molecule has 0 aliphatic rings. The molecule has 0 aromatic heterocycles. The van der Waals surface area contributed by atoms with E-state index in [1.807, 2.05) is 0 Å². The van der Waals surface area contributed by atoms with E-state index in [9.17, 15) is 0 Å². The van der Waals surface area contributed by atoms with E-state index in [1.165, 1.54) is 0 Å². The normalized spacial score (nSPS) is 14.9. The zero-order valence-electron chi connectivity index (χ0n) is 13.8. The first-order valence-electron chi connectivity index (χ1n) is 6.50. The van der Waals surface area contributed by atoms with Gasteiger partial charge in [-0.15, -0.1) is 0 Å². The molecule has 0 aromatic carbocycles. The van der Waals surface area contributed by atoms with Crippen molar-refractivity contribution in [1.82, 2.24) is 8.18 Å². The number of rotatable bonds is 7. The Morgan fingerprint density at radius 2 is 1.33 bits per heavy atom. The second-order valence-corrected chi connectivity index (χ2v) is 19.4. The molecule has 0 heterocycles. The molecular weight excluding hydrogens is 303 g/mol. The Bertz CT molecular complexity index is 246. The zero-order valence-corrected chi connectivity index (χ0v) is 16.9. The van der Waals surface area contributed by atoms with Gasteiger partial charge in [-0.3, -0.25) is 0 Å². The molecule has 0 unspecified atom stereocenters. The Labute approximate surface area is 123 Å². The molecule has 0 aliphatic heterocycles. The van der Waals surface area contributed by atoms with Gasteiger partial charge in [-0.1, -0.05) is 0 Å². The van der Waals surface area contributed by atoms with Crippen LogP contribution in [0.5, 0.6) is 0 Å². The van der Waals surface area contributed by atoms with Gasteiger partial charge in [0, 0.05) is 0 Å². The van der Waals surface area contributed by atoms with Gasteiger partial charge in [0.05, 0.1) is 0 Å². The Kier molecular flexibility index (Phi) is 6.81. The predicted octanol–water partition coefficient (Wildman–Crippen LogP) is 3.23. The molecule has 0 rings (SSSR count). The van der Waals surface area contributed by atoms with Gasteiger partial charge < -0.3 is 0 Å². The van der Waals surface area contributed by atoms with Crippen LogP contribution in [0, 0.1) is 0 Å². The molecule has 0 amide bonds. The van der Waals surface area contributed by atoms with Gasteiger partial charge in [-0.2, -0.15) is 0 Å². The Morgan fingerprint density at radius 1 is 0.944 bits per heavy atom. The molecule has 113 valence electrons. The van der Waals surface area contributed by atoms with E-state index < -0.39 is 16.5 Å². The van der Waals surface area contributed by atoms with Crippen LogP contribution in [0.2, 0.25) is 39.3 Å². The van der Waals surface area contributed by atoms with E-state index >= 15 is 0 Å². The molecule has 0 aliphatic carbocycles. The quantitative estimate of drug-likeness (QED) is 0.664. The first-order chi connectivity index (χ1) is 7.76. The van der Waals surface area contributed by atoms with Crippen molar-refractivity contribution >= 4 is 16.5 Å². The SMILES string of the molecule is CN(C)CC(C)(C)[O][Co][N]([Si](C)(C)C)[Si](C)(C)C. The Hall–Kier alpha value is 0.820. The molecule has 3 nitrogen and oxygen atoms in total. The van der Waals surface area contributed by atoms with Crippen molar-refractivity contribution in [2.45, 2.75) is 58.7 Å². The predicted molar refractivity (Wildman–Crippen MR) is 82.2 cm³/mol. The minimum atomic E-state index is -1.32. The molecule has 6 heteroatoms. The van der Waals surface area contributed by atoms with Crippen molar-refractivity contribution in [2.24, 2.45) is 0 Å². The van der Waals surface area contributed by atoms with Crippen molar-refractivity contribution in [1.29, 1.82) is 0 Å². The first kappa shape index (κ1) is 18.8. The summed E-state index contributed by atoms with van der Waals surface area (Å²) in [6.07, 6.45) is 0. The fourth-order valence-corrected chi connectivity index (χ4v) is 12.9. The molecule has 18 heavy (non-hydrogen) atoms. The summed E-state index contributed by atoms with van der Waals surface area (Å²) >= 11 is 1.10. The number of nitrogens with zero attached hydrogens (tertiary/aromatic N) is 2. The van der Waals surface area contributed by atoms with Crippen LogP contribution in [0.1, 0.15) is 13.8 Å². The summed E-state index contributed by atoms with van der Waals surface area (Å²) in [6, 6.07) is 0. The molecule has 0 saturated heterocycles. The molecule has 0 bridgehead atoms. The number of hydrogen-bond acceptors (Lipinski definition) is 3. The van der Waals surface area contributed by atoms with E-state index in [4.69, 9.17) is 3.85 Å². The molecule has 0 atom stereocenters. The van der Waals surface area contributed by atoms with Crippen molar-refractivity contribution < 1.29 is 19.1 Å². The molecule has 0 radical (unpaired) electrons. The third kappa shape index (κ3) is 7.42. The van der Waals surface area contributed by atoms with Gasteiger partial charge in [-0.25, -0.2) is 0 Å². The van der Waals surface area contributed by atoms with Crippen LogP contribution < -0.4 is 0 Å². The fraction of sp³-hybridized carbons (Fsp3) is 1.00. The number of likely N-dealkylation sites (N-methyl/N-ethyl adjacent to an activating group) is 1. The summed E-state index contributed by atoms with van der Waals surface area (Å²) in [7, 11) is 1.55. The van der Waals surface area contributed by atoms with E-state index in [0.717, 1.165) is 21.8 Å². The van der Waals surface area contributed by atoms with Gasteiger partial charge in [-0.05, 0) is 0 Å². The third-order valence-corrected chi connectivity index (χ3v) is 13.9. The van der Waals surface area contributed by atoms with Crippen LogP contribution >= 0.6 is 0 Å². The van der Waals surface area contributed by atoms with Gasteiger partial charge in [0.2, 0.25) is 0 Å². The van der Waals surface area contributed by atoms with Crippen LogP contribution in [-0.4, -0.2) is 50.9 Å². The molecular formula is C12H32CoN2OSi2. The van der Waals surface area contributed by atoms with Gasteiger partial charge >= 0.3 is 123 Å². The summed E-state index contributed by atoms with van der Waals surface area (Å²) in [5.41, 5.74) is -0.0962. The van der Waals surface area contributed by atoms with Gasteiger partial charge in [0.1, 0.15) is 0 Å². The summed E-state index contributed by atoms with van der Waals surface area (Å²) in [6.45, 7) is 19.7. The van der Waals surface area contributed by atoms with Crippen LogP contribution in [0.25, 0.3) is 0 Å². The van der Waals surface area contributed by atoms with Crippen molar-refractivity contribution in [3.8, 4) is 0 Å². The Balaban J connectivity index is 4.64. The average Bonchev–Trinajstić information content (AvgIpc) is 1.94. The summed E-state index contributed by atoms with van der Waals surface area (Å²) in [4.78, 5) is 2.18. The third-order valence-electron chi connectivity index (χ3n) is 2.09. The molecule has 0 fully saturated rings. The number of hydrogen-bond donors (Lipinski definition) is 0. The second kappa shape index (κ2) is 6.51. The van der Waals surface area contributed by atoms with Crippen LogP contribution in [0.3, 0.4) is 0 Å². The van der Waals surface area contributed by atoms with Gasteiger partial charge in [0.25, 0.3) is 0 Å². The van der Waals surface area contributed by atoms with E-state index in [-0.39, 0.29) is 5.60 Å². The topological polar surface area (TPSA) is 15.7 Å². The van der Waals surface area contributed by atoms with Gasteiger partial charge in [0.15, 0.2) is 0 Å². The fourth-order valence-electron chi connectivity index (χ4n) is 2.08. The standard InChI is InChI=1S/C6H14NO.C6H18NSi2.Co/c1-6(2,8)5-7(3)4;1-8(2,3)7-9(4,5)6;/h5H2,1-4H3;1-6H3;/q2*-1;+2. The van der Waals surface area contributed by atoms with Crippen LogP contribution in [-0.2, 0) is 19.1 Å².